The highest BCUT2D eigenvalue weighted by Gasteiger charge is 2.45. The summed E-state index contributed by atoms with van der Waals surface area (Å²) in [7, 11) is 0. The summed E-state index contributed by atoms with van der Waals surface area (Å²) in [6, 6.07) is 16.3. The fraction of sp³-hybridized carbons (Fsp3) is 0.200. The molecular formula is C20H16O3S. The number of carbonyl (C=O) groups is 2. The zero-order valence-corrected chi connectivity index (χ0v) is 14.1. The number of ketones is 1. The minimum absolute atomic E-state index is 0.0598. The summed E-state index contributed by atoms with van der Waals surface area (Å²) in [5.41, 5.74) is -0.146. The topological polar surface area (TPSA) is 43.4 Å². The predicted octanol–water partition coefficient (Wildman–Crippen LogP) is 3.72. The first kappa shape index (κ1) is 16.4. The highest BCUT2D eigenvalue weighted by atomic mass is 32.2. The van der Waals surface area contributed by atoms with E-state index in [1.165, 1.54) is 0 Å². The number of rotatable bonds is 2. The van der Waals surface area contributed by atoms with Gasteiger partial charge in [0.15, 0.2) is 5.78 Å². The van der Waals surface area contributed by atoms with Gasteiger partial charge in [-0.25, -0.2) is 0 Å². The Hall–Kier alpha value is -2.51. The minimum Gasteiger partial charge on any atom is -0.465 e. The van der Waals surface area contributed by atoms with Crippen LogP contribution in [0.3, 0.4) is 0 Å². The fourth-order valence-electron chi connectivity index (χ4n) is 2.51. The molecule has 24 heavy (non-hydrogen) atoms. The zero-order chi connectivity index (χ0) is 17.0. The summed E-state index contributed by atoms with van der Waals surface area (Å²) in [6.45, 7) is 1.89. The quantitative estimate of drug-likeness (QED) is 0.784. The number of thioether (sulfide) groups is 1. The number of benzene rings is 2. The largest absolute Gasteiger partial charge is 0.465 e. The van der Waals surface area contributed by atoms with Crippen LogP contribution in [-0.2, 0) is 4.79 Å². The average Bonchev–Trinajstić information content (AvgIpc) is 2.61. The average molecular weight is 336 g/mol. The van der Waals surface area contributed by atoms with Crippen LogP contribution >= 0.6 is 11.8 Å². The van der Waals surface area contributed by atoms with E-state index in [-0.39, 0.29) is 17.3 Å². The van der Waals surface area contributed by atoms with Gasteiger partial charge in [0.05, 0.1) is 12.0 Å². The third kappa shape index (κ3) is 3.22. The molecule has 0 unspecified atom stereocenters. The van der Waals surface area contributed by atoms with Crippen molar-refractivity contribution in [1.29, 1.82) is 0 Å². The molecule has 3 nitrogen and oxygen atoms in total. The first-order chi connectivity index (χ1) is 11.6. The van der Waals surface area contributed by atoms with Crippen LogP contribution in [0.15, 0.2) is 54.6 Å². The number of carbonyl (C=O) groups excluding carboxylic acids is 2. The van der Waals surface area contributed by atoms with Gasteiger partial charge in [-0.2, -0.15) is 0 Å². The number of para-hydroxylation sites is 1. The van der Waals surface area contributed by atoms with Gasteiger partial charge in [-0.1, -0.05) is 54.9 Å². The summed E-state index contributed by atoms with van der Waals surface area (Å²) in [5, 5.41) is -0.226. The Kier molecular flexibility index (Phi) is 4.73. The Morgan fingerprint density at radius 3 is 2.62 bits per heavy atom. The van der Waals surface area contributed by atoms with E-state index in [0.29, 0.717) is 17.1 Å². The molecule has 2 aromatic rings. The zero-order valence-electron chi connectivity index (χ0n) is 13.2. The molecule has 0 spiro atoms. The molecule has 0 saturated carbocycles. The van der Waals surface area contributed by atoms with Crippen LogP contribution in [-0.4, -0.2) is 22.3 Å². The second-order valence-electron chi connectivity index (χ2n) is 5.36. The number of Topliss-reactive ketones (excluding diaryl/α,β-unsaturated/α-hetero) is 1. The molecule has 1 atom stereocenters. The van der Waals surface area contributed by atoms with Crippen LogP contribution in [0.5, 0.6) is 5.75 Å². The molecule has 0 bridgehead atoms. The van der Waals surface area contributed by atoms with Gasteiger partial charge in [-0.15, -0.1) is 0 Å². The van der Waals surface area contributed by atoms with Gasteiger partial charge in [0.25, 0.3) is 0 Å². The number of hydrogen-bond acceptors (Lipinski definition) is 4. The SMILES string of the molecule is CCSC(=O)[C@]1(C#Cc2ccccc2)CC(=O)c2ccccc2O1. The highest BCUT2D eigenvalue weighted by molar-refractivity contribution is 8.13. The molecule has 3 rings (SSSR count). The van der Waals surface area contributed by atoms with Crippen molar-refractivity contribution in [3.63, 3.8) is 0 Å². The molecule has 0 saturated heterocycles. The second kappa shape index (κ2) is 6.94. The van der Waals surface area contributed by atoms with Crippen molar-refractivity contribution in [2.45, 2.75) is 18.9 Å². The molecule has 0 fully saturated rings. The van der Waals surface area contributed by atoms with Crippen LogP contribution in [0.4, 0.5) is 0 Å². The van der Waals surface area contributed by atoms with Crippen LogP contribution in [0.25, 0.3) is 0 Å². The standard InChI is InChI=1S/C20H16O3S/c1-2-24-19(22)20(13-12-15-8-4-3-5-9-15)14-17(21)16-10-6-7-11-18(16)23-20/h3-11H,2,14H2,1H3/t20-/m0/s1. The van der Waals surface area contributed by atoms with E-state index in [1.54, 1.807) is 24.3 Å². The second-order valence-corrected chi connectivity index (χ2v) is 6.60. The fourth-order valence-corrected chi connectivity index (χ4v) is 3.17. The lowest BCUT2D eigenvalue weighted by Crippen LogP contribution is -2.46. The third-order valence-electron chi connectivity index (χ3n) is 3.67. The van der Waals surface area contributed by atoms with Gasteiger partial charge in [0, 0.05) is 5.56 Å². The Bertz CT molecular complexity index is 833. The molecular weight excluding hydrogens is 320 g/mol. The summed E-state index contributed by atoms with van der Waals surface area (Å²) < 4.78 is 5.96. The van der Waals surface area contributed by atoms with Gasteiger partial charge < -0.3 is 4.74 Å². The van der Waals surface area contributed by atoms with Crippen LogP contribution in [0.2, 0.25) is 0 Å². The summed E-state index contributed by atoms with van der Waals surface area (Å²) in [5.74, 6) is 6.83. The Balaban J connectivity index is 2.04. The van der Waals surface area contributed by atoms with Crippen molar-refractivity contribution in [2.75, 3.05) is 5.75 Å². The summed E-state index contributed by atoms with van der Waals surface area (Å²) in [4.78, 5) is 25.2. The first-order valence-corrected chi connectivity index (χ1v) is 8.70. The van der Waals surface area contributed by atoms with Gasteiger partial charge in [0.2, 0.25) is 10.7 Å². The van der Waals surface area contributed by atoms with Gasteiger partial charge in [-0.3, -0.25) is 9.59 Å². The third-order valence-corrected chi connectivity index (χ3v) is 4.55. The Morgan fingerprint density at radius 2 is 1.88 bits per heavy atom. The lowest BCUT2D eigenvalue weighted by atomic mass is 9.91. The van der Waals surface area contributed by atoms with Crippen molar-refractivity contribution < 1.29 is 14.3 Å². The monoisotopic (exact) mass is 336 g/mol. The van der Waals surface area contributed by atoms with Crippen LogP contribution in [0, 0.1) is 11.8 Å². The Labute approximate surface area is 145 Å². The van der Waals surface area contributed by atoms with Crippen molar-refractivity contribution in [2.24, 2.45) is 0 Å². The highest BCUT2D eigenvalue weighted by Crippen LogP contribution is 2.35. The van der Waals surface area contributed by atoms with Gasteiger partial charge in [-0.05, 0) is 35.9 Å². The lowest BCUT2D eigenvalue weighted by molar-refractivity contribution is -0.121. The van der Waals surface area contributed by atoms with Crippen molar-refractivity contribution in [3.05, 3.63) is 65.7 Å². The minimum atomic E-state index is -1.43. The molecule has 0 radical (unpaired) electrons. The van der Waals surface area contributed by atoms with E-state index < -0.39 is 5.60 Å². The maximum atomic E-state index is 12.7. The van der Waals surface area contributed by atoms with Crippen molar-refractivity contribution in [1.82, 2.24) is 0 Å². The lowest BCUT2D eigenvalue weighted by Gasteiger charge is -2.32. The van der Waals surface area contributed by atoms with E-state index in [1.807, 2.05) is 37.3 Å². The molecule has 0 N–H and O–H groups in total. The van der Waals surface area contributed by atoms with E-state index in [4.69, 9.17) is 4.74 Å². The molecule has 2 aromatic carbocycles. The molecule has 0 amide bonds. The van der Waals surface area contributed by atoms with Crippen molar-refractivity contribution in [3.8, 4) is 17.6 Å². The van der Waals surface area contributed by atoms with E-state index in [9.17, 15) is 9.59 Å². The van der Waals surface area contributed by atoms with E-state index in [2.05, 4.69) is 11.8 Å². The maximum Gasteiger partial charge on any atom is 0.245 e. The normalized spacial score (nSPS) is 18.8. The molecule has 1 heterocycles. The Morgan fingerprint density at radius 1 is 1.17 bits per heavy atom. The van der Waals surface area contributed by atoms with Crippen LogP contribution < -0.4 is 4.74 Å². The number of ether oxygens (including phenoxy) is 1. The smallest absolute Gasteiger partial charge is 0.245 e. The summed E-state index contributed by atoms with van der Waals surface area (Å²) >= 11 is 1.13. The number of hydrogen-bond donors (Lipinski definition) is 0. The van der Waals surface area contributed by atoms with Crippen LogP contribution in [0.1, 0.15) is 29.3 Å². The molecule has 120 valence electrons. The predicted molar refractivity (Wildman–Crippen MR) is 95.2 cm³/mol. The van der Waals surface area contributed by atoms with E-state index in [0.717, 1.165) is 17.3 Å². The molecule has 1 aliphatic rings. The number of fused-ring (bicyclic) bond motifs is 1. The van der Waals surface area contributed by atoms with Gasteiger partial charge in [0.1, 0.15) is 5.75 Å². The molecule has 0 aliphatic carbocycles. The molecule has 0 aromatic heterocycles. The van der Waals surface area contributed by atoms with E-state index >= 15 is 0 Å². The maximum absolute atomic E-state index is 12.7. The summed E-state index contributed by atoms with van der Waals surface area (Å²) in [6.07, 6.45) is -0.0598. The molecule has 4 heteroatoms. The first-order valence-electron chi connectivity index (χ1n) is 7.71. The van der Waals surface area contributed by atoms with Gasteiger partial charge >= 0.3 is 0 Å². The molecule has 1 aliphatic heterocycles. The van der Waals surface area contributed by atoms with Crippen molar-refractivity contribution >= 4 is 22.7 Å².